The van der Waals surface area contributed by atoms with Crippen LogP contribution in [0.15, 0.2) is 42.5 Å². The van der Waals surface area contributed by atoms with E-state index >= 15 is 0 Å². The molecular formula is C19H23N3O5. The van der Waals surface area contributed by atoms with Crippen LogP contribution in [0.3, 0.4) is 0 Å². The smallest absolute Gasteiger partial charge is 0.319 e. The number of urea groups is 1. The summed E-state index contributed by atoms with van der Waals surface area (Å²) in [6.45, 7) is 5.25. The Balaban J connectivity index is 1.91. The summed E-state index contributed by atoms with van der Waals surface area (Å²) in [6, 6.07) is 11.1. The van der Waals surface area contributed by atoms with Crippen LogP contribution < -0.4 is 20.1 Å². The molecule has 2 N–H and O–H groups in total. The maximum Gasteiger partial charge on any atom is 0.319 e. The molecule has 0 fully saturated rings. The molecule has 2 amide bonds. The molecule has 8 heteroatoms. The van der Waals surface area contributed by atoms with E-state index < -0.39 is 11.0 Å². The van der Waals surface area contributed by atoms with Crippen LogP contribution in [0.1, 0.15) is 19.4 Å². The first kappa shape index (κ1) is 20.0. The second kappa shape index (κ2) is 10.0. The number of hydrogen-bond donors (Lipinski definition) is 2. The quantitative estimate of drug-likeness (QED) is 0.515. The number of nitrogens with zero attached hydrogens (tertiary/aromatic N) is 1. The third-order valence-corrected chi connectivity index (χ3v) is 3.66. The Hall–Kier alpha value is -3.29. The highest BCUT2D eigenvalue weighted by molar-refractivity contribution is 5.91. The van der Waals surface area contributed by atoms with E-state index in [1.165, 1.54) is 12.1 Å². The van der Waals surface area contributed by atoms with Crippen molar-refractivity contribution in [1.82, 2.24) is 5.32 Å². The number of carbonyl (C=O) groups excluding carboxylic acids is 1. The predicted molar refractivity (Wildman–Crippen MR) is 103 cm³/mol. The molecule has 0 radical (unpaired) electrons. The number of nitro benzene ring substituents is 1. The van der Waals surface area contributed by atoms with Gasteiger partial charge in [0.05, 0.1) is 18.1 Å². The molecule has 0 aliphatic rings. The molecule has 0 aliphatic carbocycles. The third-order valence-electron chi connectivity index (χ3n) is 3.66. The molecule has 0 aliphatic heterocycles. The maximum absolute atomic E-state index is 12.0. The van der Waals surface area contributed by atoms with Crippen LogP contribution in [0, 0.1) is 10.1 Å². The van der Waals surface area contributed by atoms with Gasteiger partial charge in [-0.15, -0.1) is 0 Å². The van der Waals surface area contributed by atoms with E-state index in [4.69, 9.17) is 9.47 Å². The predicted octanol–water partition coefficient (Wildman–Crippen LogP) is 3.76. The number of carbonyl (C=O) groups is 1. The molecule has 0 aromatic heterocycles. The lowest BCUT2D eigenvalue weighted by Gasteiger charge is -2.13. The van der Waals surface area contributed by atoms with Crippen molar-refractivity contribution >= 4 is 17.4 Å². The van der Waals surface area contributed by atoms with E-state index in [0.717, 1.165) is 5.56 Å². The van der Waals surface area contributed by atoms with Gasteiger partial charge in [0.1, 0.15) is 5.69 Å². The number of nitro groups is 1. The summed E-state index contributed by atoms with van der Waals surface area (Å²) in [5.74, 6) is 1.35. The SMILES string of the molecule is CCOc1ccc(CCNC(=O)Nc2ccccc2[N+](=O)[O-])cc1OCC. The number of anilines is 1. The number of rotatable bonds is 9. The highest BCUT2D eigenvalue weighted by atomic mass is 16.6. The Labute approximate surface area is 157 Å². The Kier molecular flexibility index (Phi) is 7.42. The van der Waals surface area contributed by atoms with Gasteiger partial charge in [-0.25, -0.2) is 4.79 Å². The second-order valence-electron chi connectivity index (χ2n) is 5.55. The first-order valence-corrected chi connectivity index (χ1v) is 8.72. The van der Waals surface area contributed by atoms with Crippen LogP contribution in [-0.2, 0) is 6.42 Å². The summed E-state index contributed by atoms with van der Waals surface area (Å²) in [5.41, 5.74) is 0.980. The minimum absolute atomic E-state index is 0.152. The van der Waals surface area contributed by atoms with Crippen LogP contribution in [0.4, 0.5) is 16.2 Å². The van der Waals surface area contributed by atoms with Gasteiger partial charge in [-0.1, -0.05) is 18.2 Å². The third kappa shape index (κ3) is 5.88. The van der Waals surface area contributed by atoms with Crippen LogP contribution in [0.25, 0.3) is 0 Å². The number of nitrogens with one attached hydrogen (secondary N) is 2. The molecule has 0 atom stereocenters. The largest absolute Gasteiger partial charge is 0.490 e. The summed E-state index contributed by atoms with van der Waals surface area (Å²) in [5, 5.41) is 16.2. The highest BCUT2D eigenvalue weighted by Gasteiger charge is 2.14. The molecule has 2 aromatic rings. The standard InChI is InChI=1S/C19H23N3O5/c1-3-26-17-10-9-14(13-18(17)27-4-2)11-12-20-19(23)21-15-7-5-6-8-16(15)22(24)25/h5-10,13H,3-4,11-12H2,1-2H3,(H2,20,21,23). The molecule has 2 aromatic carbocycles. The second-order valence-corrected chi connectivity index (χ2v) is 5.55. The number of amides is 2. The van der Waals surface area contributed by atoms with Crippen LogP contribution in [0.5, 0.6) is 11.5 Å². The number of hydrogen-bond acceptors (Lipinski definition) is 5. The molecule has 0 heterocycles. The zero-order valence-corrected chi connectivity index (χ0v) is 15.4. The monoisotopic (exact) mass is 373 g/mol. The fraction of sp³-hybridized carbons (Fsp3) is 0.316. The molecule has 27 heavy (non-hydrogen) atoms. The van der Waals surface area contributed by atoms with Crippen LogP contribution in [-0.4, -0.2) is 30.7 Å². The van der Waals surface area contributed by atoms with Crippen molar-refractivity contribution in [2.24, 2.45) is 0 Å². The fourth-order valence-corrected chi connectivity index (χ4v) is 2.48. The highest BCUT2D eigenvalue weighted by Crippen LogP contribution is 2.28. The minimum Gasteiger partial charge on any atom is -0.490 e. The zero-order chi connectivity index (χ0) is 19.6. The molecule has 144 valence electrons. The Morgan fingerprint density at radius 1 is 1.07 bits per heavy atom. The van der Waals surface area contributed by atoms with E-state index in [-0.39, 0.29) is 11.4 Å². The molecular weight excluding hydrogens is 350 g/mol. The van der Waals surface area contributed by atoms with E-state index in [9.17, 15) is 14.9 Å². The summed E-state index contributed by atoms with van der Waals surface area (Å²) >= 11 is 0. The van der Waals surface area contributed by atoms with Crippen molar-refractivity contribution in [3.8, 4) is 11.5 Å². The van der Waals surface area contributed by atoms with Gasteiger partial charge >= 0.3 is 6.03 Å². The average Bonchev–Trinajstić information content (AvgIpc) is 2.64. The van der Waals surface area contributed by atoms with Gasteiger partial charge in [-0.05, 0) is 44.0 Å². The number of benzene rings is 2. The lowest BCUT2D eigenvalue weighted by molar-refractivity contribution is -0.383. The molecule has 0 saturated heterocycles. The van der Waals surface area contributed by atoms with E-state index in [0.29, 0.717) is 37.7 Å². The lowest BCUT2D eigenvalue weighted by atomic mass is 10.1. The van der Waals surface area contributed by atoms with Gasteiger partial charge in [0.15, 0.2) is 11.5 Å². The lowest BCUT2D eigenvalue weighted by Crippen LogP contribution is -2.30. The summed E-state index contributed by atoms with van der Waals surface area (Å²) < 4.78 is 11.1. The topological polar surface area (TPSA) is 103 Å². The summed E-state index contributed by atoms with van der Waals surface area (Å²) in [7, 11) is 0. The van der Waals surface area contributed by atoms with Crippen LogP contribution >= 0.6 is 0 Å². The van der Waals surface area contributed by atoms with Gasteiger partial charge in [0, 0.05) is 12.6 Å². The molecule has 2 rings (SSSR count). The van der Waals surface area contributed by atoms with Gasteiger partial charge in [0.25, 0.3) is 5.69 Å². The number of para-hydroxylation sites is 2. The molecule has 0 unspecified atom stereocenters. The Bertz CT molecular complexity index is 795. The molecule has 0 bridgehead atoms. The van der Waals surface area contributed by atoms with Crippen molar-refractivity contribution in [3.05, 3.63) is 58.1 Å². The average molecular weight is 373 g/mol. The van der Waals surface area contributed by atoms with Gasteiger partial charge in [-0.2, -0.15) is 0 Å². The molecule has 0 spiro atoms. The van der Waals surface area contributed by atoms with Crippen molar-refractivity contribution in [1.29, 1.82) is 0 Å². The van der Waals surface area contributed by atoms with Gasteiger partial charge in [-0.3, -0.25) is 10.1 Å². The minimum atomic E-state index is -0.537. The van der Waals surface area contributed by atoms with Crippen molar-refractivity contribution in [2.75, 3.05) is 25.1 Å². The van der Waals surface area contributed by atoms with Crippen molar-refractivity contribution < 1.29 is 19.2 Å². The van der Waals surface area contributed by atoms with E-state index in [2.05, 4.69) is 10.6 Å². The Morgan fingerprint density at radius 3 is 2.48 bits per heavy atom. The summed E-state index contributed by atoms with van der Waals surface area (Å²) in [4.78, 5) is 22.4. The molecule has 0 saturated carbocycles. The van der Waals surface area contributed by atoms with E-state index in [1.807, 2.05) is 32.0 Å². The zero-order valence-electron chi connectivity index (χ0n) is 15.4. The number of ether oxygens (including phenoxy) is 2. The maximum atomic E-state index is 12.0. The van der Waals surface area contributed by atoms with Crippen LogP contribution in [0.2, 0.25) is 0 Å². The summed E-state index contributed by atoms with van der Waals surface area (Å²) in [6.07, 6.45) is 0.580. The molecule has 8 nitrogen and oxygen atoms in total. The first-order valence-electron chi connectivity index (χ1n) is 8.72. The normalized spacial score (nSPS) is 10.1. The Morgan fingerprint density at radius 2 is 1.78 bits per heavy atom. The first-order chi connectivity index (χ1) is 13.0. The van der Waals surface area contributed by atoms with Crippen molar-refractivity contribution in [2.45, 2.75) is 20.3 Å². The van der Waals surface area contributed by atoms with E-state index in [1.54, 1.807) is 12.1 Å². The van der Waals surface area contributed by atoms with Gasteiger partial charge in [0.2, 0.25) is 0 Å². The van der Waals surface area contributed by atoms with Gasteiger partial charge < -0.3 is 20.1 Å². The fourth-order valence-electron chi connectivity index (χ4n) is 2.48. The van der Waals surface area contributed by atoms with Crippen molar-refractivity contribution in [3.63, 3.8) is 0 Å².